The molecule has 1 atom stereocenters. The number of halogens is 1. The molecule has 3 rings (SSSR count). The van der Waals surface area contributed by atoms with E-state index in [2.05, 4.69) is 15.9 Å². The summed E-state index contributed by atoms with van der Waals surface area (Å²) in [5, 5.41) is 11.1. The van der Waals surface area contributed by atoms with Gasteiger partial charge in [0.1, 0.15) is 5.58 Å². The van der Waals surface area contributed by atoms with Crippen LogP contribution in [0, 0.1) is 6.92 Å². The van der Waals surface area contributed by atoms with Crippen LogP contribution in [0.5, 0.6) is 0 Å². The summed E-state index contributed by atoms with van der Waals surface area (Å²) < 4.78 is 6.70. The minimum atomic E-state index is -0.809. The Labute approximate surface area is 131 Å². The van der Waals surface area contributed by atoms with Gasteiger partial charge in [0.2, 0.25) is 0 Å². The lowest BCUT2D eigenvalue weighted by molar-refractivity contribution is -0.0117. The van der Waals surface area contributed by atoms with Gasteiger partial charge in [0.05, 0.1) is 5.60 Å². The molecule has 1 N–H and O–H groups in total. The maximum atomic E-state index is 12.7. The van der Waals surface area contributed by atoms with Crippen LogP contribution in [-0.2, 0) is 0 Å². The summed E-state index contributed by atoms with van der Waals surface area (Å²) in [6, 6.07) is 5.71. The van der Waals surface area contributed by atoms with E-state index in [1.54, 1.807) is 11.8 Å². The van der Waals surface area contributed by atoms with E-state index in [4.69, 9.17) is 4.42 Å². The van der Waals surface area contributed by atoms with Gasteiger partial charge in [-0.15, -0.1) is 0 Å². The Morgan fingerprint density at radius 2 is 2.24 bits per heavy atom. The van der Waals surface area contributed by atoms with Crippen molar-refractivity contribution in [2.75, 3.05) is 13.1 Å². The summed E-state index contributed by atoms with van der Waals surface area (Å²) >= 11 is 3.43. The van der Waals surface area contributed by atoms with Crippen molar-refractivity contribution in [3.05, 3.63) is 34.0 Å². The van der Waals surface area contributed by atoms with Gasteiger partial charge in [-0.3, -0.25) is 4.79 Å². The summed E-state index contributed by atoms with van der Waals surface area (Å²) in [5.74, 6) is 0.237. The number of rotatable bonds is 1. The van der Waals surface area contributed by atoms with E-state index in [-0.39, 0.29) is 5.91 Å². The number of hydrogen-bond donors (Lipinski definition) is 1. The summed E-state index contributed by atoms with van der Waals surface area (Å²) in [4.78, 5) is 14.4. The van der Waals surface area contributed by atoms with E-state index in [0.717, 1.165) is 28.3 Å². The number of β-amino-alcohol motifs (C(OH)–C–C–N with tert-alkyl or cyclic N) is 1. The maximum Gasteiger partial charge on any atom is 0.289 e. The second kappa shape index (κ2) is 5.14. The fraction of sp³-hybridized carbons (Fsp3) is 0.438. The first-order valence-electron chi connectivity index (χ1n) is 7.08. The number of nitrogens with zero attached hydrogens (tertiary/aromatic N) is 1. The summed E-state index contributed by atoms with van der Waals surface area (Å²) in [5.41, 5.74) is 0.751. The molecule has 2 heterocycles. The third-order valence-electron chi connectivity index (χ3n) is 4.05. The number of piperidine rings is 1. The number of carbonyl (C=O) groups is 1. The predicted molar refractivity (Wildman–Crippen MR) is 84.4 cm³/mol. The molecular formula is C16H18BrNO3. The first-order valence-corrected chi connectivity index (χ1v) is 7.87. The van der Waals surface area contributed by atoms with Gasteiger partial charge in [0.25, 0.3) is 5.91 Å². The summed E-state index contributed by atoms with van der Waals surface area (Å²) in [7, 11) is 0. The number of hydrogen-bond acceptors (Lipinski definition) is 3. The fourth-order valence-electron chi connectivity index (χ4n) is 2.93. The van der Waals surface area contributed by atoms with Crippen LogP contribution in [0.25, 0.3) is 11.0 Å². The van der Waals surface area contributed by atoms with Crippen molar-refractivity contribution in [1.82, 2.24) is 4.90 Å². The molecule has 0 saturated carbocycles. The van der Waals surface area contributed by atoms with Crippen LogP contribution < -0.4 is 0 Å². The number of aryl methyl sites for hydroxylation is 1. The van der Waals surface area contributed by atoms with Crippen molar-refractivity contribution in [3.8, 4) is 0 Å². The molecule has 21 heavy (non-hydrogen) atoms. The smallest absolute Gasteiger partial charge is 0.289 e. The van der Waals surface area contributed by atoms with E-state index in [0.29, 0.717) is 24.4 Å². The lowest BCUT2D eigenvalue weighted by atomic mass is 9.95. The number of amides is 1. The van der Waals surface area contributed by atoms with Crippen LogP contribution in [0.4, 0.5) is 0 Å². The quantitative estimate of drug-likeness (QED) is 0.855. The number of fused-ring (bicyclic) bond motifs is 1. The molecule has 1 aromatic carbocycles. The first kappa shape index (κ1) is 14.6. The van der Waals surface area contributed by atoms with Gasteiger partial charge in [0, 0.05) is 28.5 Å². The van der Waals surface area contributed by atoms with Gasteiger partial charge in [-0.1, -0.05) is 15.9 Å². The van der Waals surface area contributed by atoms with Crippen molar-refractivity contribution < 1.29 is 14.3 Å². The number of aliphatic hydroxyl groups is 1. The van der Waals surface area contributed by atoms with Gasteiger partial charge in [-0.25, -0.2) is 0 Å². The SMILES string of the molecule is Cc1c(C(=O)N2CCCC(C)(O)C2)oc2ccc(Br)cc12. The normalized spacial score (nSPS) is 22.8. The summed E-state index contributed by atoms with van der Waals surface area (Å²) in [6.07, 6.45) is 1.53. The highest BCUT2D eigenvalue weighted by molar-refractivity contribution is 9.10. The van der Waals surface area contributed by atoms with Gasteiger partial charge in [-0.05, 0) is 44.9 Å². The highest BCUT2D eigenvalue weighted by atomic mass is 79.9. The monoisotopic (exact) mass is 351 g/mol. The van der Waals surface area contributed by atoms with Gasteiger partial charge < -0.3 is 14.4 Å². The molecule has 0 spiro atoms. The van der Waals surface area contributed by atoms with E-state index < -0.39 is 5.60 Å². The Kier molecular flexibility index (Phi) is 3.58. The van der Waals surface area contributed by atoms with Crippen molar-refractivity contribution in [1.29, 1.82) is 0 Å². The lowest BCUT2D eigenvalue weighted by Crippen LogP contribution is -2.48. The Hall–Kier alpha value is -1.33. The lowest BCUT2D eigenvalue weighted by Gasteiger charge is -2.36. The second-order valence-corrected chi connectivity index (χ2v) is 6.94. The Balaban J connectivity index is 1.96. The van der Waals surface area contributed by atoms with Crippen LogP contribution in [0.15, 0.2) is 27.1 Å². The number of furan rings is 1. The van der Waals surface area contributed by atoms with Crippen molar-refractivity contribution in [2.45, 2.75) is 32.3 Å². The average molecular weight is 352 g/mol. The van der Waals surface area contributed by atoms with Crippen LogP contribution in [0.3, 0.4) is 0 Å². The molecular weight excluding hydrogens is 334 g/mol. The molecule has 112 valence electrons. The zero-order valence-corrected chi connectivity index (χ0v) is 13.7. The summed E-state index contributed by atoms with van der Waals surface area (Å²) in [6.45, 7) is 4.68. The van der Waals surface area contributed by atoms with Crippen LogP contribution in [-0.4, -0.2) is 34.6 Å². The van der Waals surface area contributed by atoms with Crippen molar-refractivity contribution in [2.24, 2.45) is 0 Å². The molecule has 1 amide bonds. The minimum absolute atomic E-state index is 0.139. The maximum absolute atomic E-state index is 12.7. The molecule has 4 nitrogen and oxygen atoms in total. The average Bonchev–Trinajstić information content (AvgIpc) is 2.74. The Morgan fingerprint density at radius 1 is 1.48 bits per heavy atom. The third-order valence-corrected chi connectivity index (χ3v) is 4.55. The molecule has 1 saturated heterocycles. The zero-order chi connectivity index (χ0) is 15.2. The molecule has 1 fully saturated rings. The Morgan fingerprint density at radius 3 is 2.95 bits per heavy atom. The van der Waals surface area contributed by atoms with Crippen molar-refractivity contribution >= 4 is 32.8 Å². The third kappa shape index (κ3) is 2.72. The predicted octanol–water partition coefficient (Wildman–Crippen LogP) is 3.49. The fourth-order valence-corrected chi connectivity index (χ4v) is 3.30. The second-order valence-electron chi connectivity index (χ2n) is 6.02. The highest BCUT2D eigenvalue weighted by Gasteiger charge is 2.33. The highest BCUT2D eigenvalue weighted by Crippen LogP contribution is 2.30. The van der Waals surface area contributed by atoms with E-state index in [1.165, 1.54) is 0 Å². The molecule has 0 radical (unpaired) electrons. The van der Waals surface area contributed by atoms with E-state index in [9.17, 15) is 9.90 Å². The molecule has 1 aromatic heterocycles. The van der Waals surface area contributed by atoms with Crippen LogP contribution >= 0.6 is 15.9 Å². The minimum Gasteiger partial charge on any atom is -0.451 e. The van der Waals surface area contributed by atoms with E-state index in [1.807, 2.05) is 25.1 Å². The topological polar surface area (TPSA) is 53.7 Å². The largest absolute Gasteiger partial charge is 0.451 e. The molecule has 1 unspecified atom stereocenters. The Bertz CT molecular complexity index is 705. The standard InChI is InChI=1S/C16H18BrNO3/c1-10-12-8-11(17)4-5-13(12)21-14(10)15(19)18-7-3-6-16(2,20)9-18/h4-5,8,20H,3,6-7,9H2,1-2H3. The van der Waals surface area contributed by atoms with Gasteiger partial charge >= 0.3 is 0 Å². The molecule has 1 aliphatic heterocycles. The number of carbonyl (C=O) groups excluding carboxylic acids is 1. The zero-order valence-electron chi connectivity index (χ0n) is 12.1. The van der Waals surface area contributed by atoms with Crippen molar-refractivity contribution in [3.63, 3.8) is 0 Å². The molecule has 1 aliphatic rings. The first-order chi connectivity index (χ1) is 9.87. The van der Waals surface area contributed by atoms with Crippen LogP contribution in [0.2, 0.25) is 0 Å². The number of benzene rings is 1. The molecule has 0 bridgehead atoms. The molecule has 5 heteroatoms. The van der Waals surface area contributed by atoms with Gasteiger partial charge in [0.15, 0.2) is 5.76 Å². The van der Waals surface area contributed by atoms with E-state index >= 15 is 0 Å². The van der Waals surface area contributed by atoms with Gasteiger partial charge in [-0.2, -0.15) is 0 Å². The van der Waals surface area contributed by atoms with Crippen LogP contribution in [0.1, 0.15) is 35.9 Å². The number of likely N-dealkylation sites (tertiary alicyclic amines) is 1. The molecule has 0 aliphatic carbocycles. The molecule has 2 aromatic rings.